The minimum atomic E-state index is -4.39. The van der Waals surface area contributed by atoms with E-state index in [9.17, 15) is 18.0 Å². The number of hydrogen-bond acceptors (Lipinski definition) is 5. The van der Waals surface area contributed by atoms with Gasteiger partial charge in [-0.2, -0.15) is 13.2 Å². The summed E-state index contributed by atoms with van der Waals surface area (Å²) in [4.78, 5) is 22.5. The van der Waals surface area contributed by atoms with E-state index in [1.165, 1.54) is 0 Å². The third kappa shape index (κ3) is 2.62. The molecule has 2 bridgehead atoms. The summed E-state index contributed by atoms with van der Waals surface area (Å²) in [6.45, 7) is 4.51. The standard InChI is InChI=1S/C14H17F3N4O/c1-7(14(15,16)17)5-10(22)12-18-8(2)11-13(20-12)19-9-3-4-21(11)6-9/h7,9H,3-6H2,1-2H3,(H,18,19,20)/t7-,9-/m0/s1. The molecule has 0 radical (unpaired) electrons. The molecular weight excluding hydrogens is 297 g/mol. The van der Waals surface area contributed by atoms with Gasteiger partial charge in [0.2, 0.25) is 5.78 Å². The Morgan fingerprint density at radius 1 is 1.45 bits per heavy atom. The zero-order valence-corrected chi connectivity index (χ0v) is 12.4. The summed E-state index contributed by atoms with van der Waals surface area (Å²) in [5, 5.41) is 3.24. The molecule has 2 aliphatic rings. The van der Waals surface area contributed by atoms with Crippen molar-refractivity contribution in [2.24, 2.45) is 5.92 Å². The Bertz CT molecular complexity index is 617. The van der Waals surface area contributed by atoms with Crippen LogP contribution < -0.4 is 10.2 Å². The number of ketones is 1. The summed E-state index contributed by atoms with van der Waals surface area (Å²) in [6.07, 6.45) is -4.04. The molecule has 3 rings (SSSR count). The van der Waals surface area contributed by atoms with Crippen molar-refractivity contribution in [3.05, 3.63) is 11.5 Å². The number of rotatable bonds is 3. The SMILES string of the molecule is Cc1nc(C(=O)C[C@H](C)C(F)(F)F)nc2c1N1CC[C@@H](C1)N2. The third-order valence-corrected chi connectivity index (χ3v) is 4.20. The maximum Gasteiger partial charge on any atom is 0.391 e. The van der Waals surface area contributed by atoms with Crippen molar-refractivity contribution >= 4 is 17.3 Å². The van der Waals surface area contributed by atoms with Crippen molar-refractivity contribution in [3.63, 3.8) is 0 Å². The Morgan fingerprint density at radius 2 is 2.18 bits per heavy atom. The smallest absolute Gasteiger partial charge is 0.365 e. The quantitative estimate of drug-likeness (QED) is 0.869. The van der Waals surface area contributed by atoms with E-state index in [1.807, 2.05) is 0 Å². The lowest BCUT2D eigenvalue weighted by Gasteiger charge is -2.29. The van der Waals surface area contributed by atoms with Crippen molar-refractivity contribution < 1.29 is 18.0 Å². The molecule has 22 heavy (non-hydrogen) atoms. The van der Waals surface area contributed by atoms with Crippen LogP contribution in [0.15, 0.2) is 0 Å². The van der Waals surface area contributed by atoms with Gasteiger partial charge in [-0.25, -0.2) is 9.97 Å². The average molecular weight is 314 g/mol. The highest BCUT2D eigenvalue weighted by Gasteiger charge is 2.38. The molecule has 0 aromatic carbocycles. The van der Waals surface area contributed by atoms with Gasteiger partial charge in [0.25, 0.3) is 0 Å². The number of nitrogens with zero attached hydrogens (tertiary/aromatic N) is 3. The first kappa shape index (κ1) is 15.1. The molecule has 0 amide bonds. The van der Waals surface area contributed by atoms with Gasteiger partial charge in [0.1, 0.15) is 5.69 Å². The first-order chi connectivity index (χ1) is 10.3. The summed E-state index contributed by atoms with van der Waals surface area (Å²) >= 11 is 0. The highest BCUT2D eigenvalue weighted by molar-refractivity contribution is 5.94. The van der Waals surface area contributed by atoms with Gasteiger partial charge >= 0.3 is 6.18 Å². The van der Waals surface area contributed by atoms with Crippen LogP contribution in [0.5, 0.6) is 0 Å². The number of nitrogens with one attached hydrogen (secondary N) is 1. The van der Waals surface area contributed by atoms with Crippen LogP contribution in [0.4, 0.5) is 24.7 Å². The van der Waals surface area contributed by atoms with E-state index in [1.54, 1.807) is 6.92 Å². The molecule has 1 aromatic heterocycles. The van der Waals surface area contributed by atoms with E-state index in [2.05, 4.69) is 20.2 Å². The predicted molar refractivity (Wildman–Crippen MR) is 75.2 cm³/mol. The molecule has 0 spiro atoms. The van der Waals surface area contributed by atoms with E-state index < -0.39 is 24.3 Å². The van der Waals surface area contributed by atoms with Crippen LogP contribution >= 0.6 is 0 Å². The lowest BCUT2D eigenvalue weighted by Crippen LogP contribution is -2.34. The Morgan fingerprint density at radius 3 is 2.86 bits per heavy atom. The number of fused-ring (bicyclic) bond motifs is 4. The highest BCUT2D eigenvalue weighted by atomic mass is 19.4. The number of halogens is 3. The van der Waals surface area contributed by atoms with Crippen molar-refractivity contribution in [3.8, 4) is 0 Å². The van der Waals surface area contributed by atoms with Gasteiger partial charge in [0, 0.05) is 25.6 Å². The fourth-order valence-electron chi connectivity index (χ4n) is 2.93. The molecule has 2 atom stereocenters. The lowest BCUT2D eigenvalue weighted by atomic mass is 10.0. The van der Waals surface area contributed by atoms with E-state index in [0.717, 1.165) is 32.1 Å². The second-order valence-electron chi connectivity index (χ2n) is 5.98. The molecule has 2 aliphatic heterocycles. The number of aromatic nitrogens is 2. The molecule has 0 aliphatic carbocycles. The minimum absolute atomic E-state index is 0.137. The van der Waals surface area contributed by atoms with Crippen LogP contribution in [0.25, 0.3) is 0 Å². The van der Waals surface area contributed by atoms with E-state index in [-0.39, 0.29) is 11.9 Å². The normalized spacial score (nSPS) is 21.3. The van der Waals surface area contributed by atoms with Crippen molar-refractivity contribution in [1.82, 2.24) is 9.97 Å². The number of carbonyl (C=O) groups is 1. The van der Waals surface area contributed by atoms with Gasteiger partial charge in [0.15, 0.2) is 11.6 Å². The van der Waals surface area contributed by atoms with Gasteiger partial charge in [-0.05, 0) is 13.3 Å². The topological polar surface area (TPSA) is 58.1 Å². The summed E-state index contributed by atoms with van der Waals surface area (Å²) in [7, 11) is 0. The Labute approximate surface area is 125 Å². The van der Waals surface area contributed by atoms with Crippen molar-refractivity contribution in [2.45, 2.75) is 38.9 Å². The molecule has 1 saturated heterocycles. The second-order valence-corrected chi connectivity index (χ2v) is 5.98. The first-order valence-electron chi connectivity index (χ1n) is 7.25. The molecule has 1 aromatic rings. The number of anilines is 2. The third-order valence-electron chi connectivity index (χ3n) is 4.20. The van der Waals surface area contributed by atoms with Crippen LogP contribution in [0.2, 0.25) is 0 Å². The van der Waals surface area contributed by atoms with Crippen LogP contribution in [0.3, 0.4) is 0 Å². The number of aryl methyl sites for hydroxylation is 1. The maximum atomic E-state index is 12.6. The van der Waals surface area contributed by atoms with Crippen LogP contribution in [0, 0.1) is 12.8 Å². The lowest BCUT2D eigenvalue weighted by molar-refractivity contribution is -0.168. The number of hydrogen-bond donors (Lipinski definition) is 1. The van der Waals surface area contributed by atoms with Crippen LogP contribution in [-0.2, 0) is 0 Å². The Kier molecular flexibility index (Phi) is 3.49. The molecule has 0 saturated carbocycles. The monoisotopic (exact) mass is 314 g/mol. The number of alkyl halides is 3. The first-order valence-corrected chi connectivity index (χ1v) is 7.25. The van der Waals surface area contributed by atoms with E-state index in [4.69, 9.17) is 0 Å². The van der Waals surface area contributed by atoms with E-state index in [0.29, 0.717) is 11.5 Å². The van der Waals surface area contributed by atoms with Gasteiger partial charge in [-0.15, -0.1) is 0 Å². The van der Waals surface area contributed by atoms with Gasteiger partial charge in [-0.3, -0.25) is 4.79 Å². The molecule has 8 heteroatoms. The highest BCUT2D eigenvalue weighted by Crippen LogP contribution is 2.36. The fourth-order valence-corrected chi connectivity index (χ4v) is 2.93. The predicted octanol–water partition coefficient (Wildman–Crippen LogP) is 2.56. The van der Waals surface area contributed by atoms with Crippen LogP contribution in [0.1, 0.15) is 36.1 Å². The summed E-state index contributed by atoms with van der Waals surface area (Å²) in [5.41, 5.74) is 1.48. The molecule has 5 nitrogen and oxygen atoms in total. The molecule has 3 heterocycles. The fraction of sp³-hybridized carbons (Fsp3) is 0.643. The largest absolute Gasteiger partial charge is 0.391 e. The summed E-state index contributed by atoms with van der Waals surface area (Å²) < 4.78 is 37.7. The average Bonchev–Trinajstić information content (AvgIpc) is 2.78. The Hall–Kier alpha value is -1.86. The number of carbonyl (C=O) groups excluding carboxylic acids is 1. The Balaban J connectivity index is 1.86. The van der Waals surface area contributed by atoms with Crippen LogP contribution in [-0.4, -0.2) is 41.1 Å². The second kappa shape index (κ2) is 5.10. The molecule has 1 N–H and O–H groups in total. The minimum Gasteiger partial charge on any atom is -0.365 e. The van der Waals surface area contributed by atoms with Gasteiger partial charge < -0.3 is 10.2 Å². The summed E-state index contributed by atoms with van der Waals surface area (Å²) in [6, 6.07) is 0.277. The van der Waals surface area contributed by atoms with Crippen molar-refractivity contribution in [1.29, 1.82) is 0 Å². The van der Waals surface area contributed by atoms with E-state index >= 15 is 0 Å². The van der Waals surface area contributed by atoms with Gasteiger partial charge in [-0.1, -0.05) is 6.92 Å². The maximum absolute atomic E-state index is 12.6. The number of Topliss-reactive ketones (excluding diaryl/α,β-unsaturated/α-hetero) is 1. The summed E-state index contributed by atoms with van der Waals surface area (Å²) in [5.74, 6) is -1.95. The zero-order chi connectivity index (χ0) is 16.1. The van der Waals surface area contributed by atoms with Crippen molar-refractivity contribution in [2.75, 3.05) is 23.3 Å². The molecule has 1 fully saturated rings. The molecular formula is C14H17F3N4O. The molecule has 120 valence electrons. The van der Waals surface area contributed by atoms with Gasteiger partial charge in [0.05, 0.1) is 11.6 Å². The molecule has 0 unspecified atom stereocenters. The zero-order valence-electron chi connectivity index (χ0n) is 12.4.